The molecule has 1 aliphatic rings. The second kappa shape index (κ2) is 9.07. The van der Waals surface area contributed by atoms with Gasteiger partial charge in [0.2, 0.25) is 0 Å². The van der Waals surface area contributed by atoms with Crippen LogP contribution in [0.15, 0.2) is 48.5 Å². The maximum Gasteiger partial charge on any atom is 0.416 e. The largest absolute Gasteiger partial charge is 0.416 e. The van der Waals surface area contributed by atoms with Gasteiger partial charge in [-0.25, -0.2) is 0 Å². The van der Waals surface area contributed by atoms with Crippen LogP contribution >= 0.6 is 0 Å². The Kier molecular flexibility index (Phi) is 6.53. The Morgan fingerprint density at radius 3 is 2.57 bits per heavy atom. The summed E-state index contributed by atoms with van der Waals surface area (Å²) < 4.78 is 44.0. The van der Waals surface area contributed by atoms with Gasteiger partial charge in [0.15, 0.2) is 0 Å². The molecule has 0 saturated carbocycles. The number of alkyl halides is 3. The molecule has 2 N–H and O–H groups in total. The van der Waals surface area contributed by atoms with Crippen LogP contribution in [0.5, 0.6) is 0 Å². The molecular formula is C20H22F3N3O2. The topological polar surface area (TPSA) is 53.6 Å². The number of carbonyl (C=O) groups is 1. The summed E-state index contributed by atoms with van der Waals surface area (Å²) in [6, 6.07) is 11.6. The Balaban J connectivity index is 1.64. The van der Waals surface area contributed by atoms with Crippen molar-refractivity contribution in [2.24, 2.45) is 0 Å². The Bertz CT molecular complexity index is 805. The van der Waals surface area contributed by atoms with Crippen LogP contribution < -0.4 is 10.6 Å². The number of benzene rings is 2. The summed E-state index contributed by atoms with van der Waals surface area (Å²) in [5.74, 6) is -0.275. The maximum atomic E-state index is 12.9. The average Bonchev–Trinajstić information content (AvgIpc) is 2.69. The third-order valence-electron chi connectivity index (χ3n) is 4.46. The molecule has 0 radical (unpaired) electrons. The molecule has 0 unspecified atom stereocenters. The van der Waals surface area contributed by atoms with Crippen molar-refractivity contribution in [1.82, 2.24) is 10.2 Å². The van der Waals surface area contributed by atoms with Crippen molar-refractivity contribution in [2.45, 2.75) is 6.18 Å². The molecule has 1 heterocycles. The van der Waals surface area contributed by atoms with E-state index in [0.717, 1.165) is 31.8 Å². The molecule has 28 heavy (non-hydrogen) atoms. The quantitative estimate of drug-likeness (QED) is 0.789. The number of ether oxygens (including phenoxy) is 1. The van der Waals surface area contributed by atoms with Crippen molar-refractivity contribution in [1.29, 1.82) is 0 Å². The molecule has 0 atom stereocenters. The van der Waals surface area contributed by atoms with Crippen molar-refractivity contribution < 1.29 is 22.7 Å². The third kappa shape index (κ3) is 5.46. The smallest absolute Gasteiger partial charge is 0.379 e. The van der Waals surface area contributed by atoms with Crippen LogP contribution in [0.25, 0.3) is 0 Å². The molecule has 2 aromatic carbocycles. The van der Waals surface area contributed by atoms with Crippen LogP contribution in [-0.2, 0) is 10.9 Å². The van der Waals surface area contributed by atoms with Crippen LogP contribution in [-0.4, -0.2) is 50.2 Å². The molecule has 0 aliphatic carbocycles. The zero-order valence-electron chi connectivity index (χ0n) is 15.3. The van der Waals surface area contributed by atoms with E-state index in [1.165, 1.54) is 12.1 Å². The van der Waals surface area contributed by atoms with E-state index >= 15 is 0 Å². The number of halogens is 3. The van der Waals surface area contributed by atoms with Crippen LogP contribution in [0.4, 0.5) is 24.5 Å². The van der Waals surface area contributed by atoms with E-state index in [9.17, 15) is 18.0 Å². The summed E-state index contributed by atoms with van der Waals surface area (Å²) in [5.41, 5.74) is 0.348. The van der Waals surface area contributed by atoms with Gasteiger partial charge < -0.3 is 15.4 Å². The number of nitrogens with zero attached hydrogens (tertiary/aromatic N) is 1. The normalized spacial score (nSPS) is 15.2. The Morgan fingerprint density at radius 2 is 1.82 bits per heavy atom. The number of hydrogen-bond donors (Lipinski definition) is 2. The summed E-state index contributed by atoms with van der Waals surface area (Å²) in [6.45, 7) is 4.26. The van der Waals surface area contributed by atoms with E-state index in [1.54, 1.807) is 24.3 Å². The first-order valence-electron chi connectivity index (χ1n) is 9.05. The Hall–Kier alpha value is -2.58. The van der Waals surface area contributed by atoms with Gasteiger partial charge in [-0.2, -0.15) is 13.2 Å². The summed E-state index contributed by atoms with van der Waals surface area (Å²) in [5, 5.41) is 5.78. The predicted octanol–water partition coefficient (Wildman–Crippen LogP) is 3.51. The van der Waals surface area contributed by atoms with Crippen molar-refractivity contribution >= 4 is 17.3 Å². The average molecular weight is 393 g/mol. The highest BCUT2D eigenvalue weighted by Crippen LogP contribution is 2.31. The minimum Gasteiger partial charge on any atom is -0.379 e. The number of morpholine rings is 1. The predicted molar refractivity (Wildman–Crippen MR) is 101 cm³/mol. The SMILES string of the molecule is O=C(NCCN1CCOCC1)c1ccccc1Nc1cccc(C(F)(F)F)c1. The zero-order chi connectivity index (χ0) is 20.0. The minimum atomic E-state index is -4.42. The van der Waals surface area contributed by atoms with Gasteiger partial charge in [0.05, 0.1) is 30.0 Å². The number of para-hydroxylation sites is 1. The van der Waals surface area contributed by atoms with E-state index in [4.69, 9.17) is 4.74 Å². The number of anilines is 2. The summed E-state index contributed by atoms with van der Waals surface area (Å²) in [6.07, 6.45) is -4.42. The van der Waals surface area contributed by atoms with Gasteiger partial charge >= 0.3 is 6.18 Å². The second-order valence-electron chi connectivity index (χ2n) is 6.46. The second-order valence-corrected chi connectivity index (χ2v) is 6.46. The molecule has 0 bridgehead atoms. The third-order valence-corrected chi connectivity index (χ3v) is 4.46. The summed E-state index contributed by atoms with van der Waals surface area (Å²) >= 11 is 0. The number of amides is 1. The van der Waals surface area contributed by atoms with Crippen molar-refractivity contribution in [3.63, 3.8) is 0 Å². The molecule has 1 aliphatic heterocycles. The molecule has 0 spiro atoms. The lowest BCUT2D eigenvalue weighted by Crippen LogP contribution is -2.41. The number of nitrogens with one attached hydrogen (secondary N) is 2. The Morgan fingerprint density at radius 1 is 1.07 bits per heavy atom. The molecule has 150 valence electrons. The maximum absolute atomic E-state index is 12.9. The first kappa shape index (κ1) is 20.2. The van der Waals surface area contributed by atoms with Crippen LogP contribution in [0, 0.1) is 0 Å². The number of rotatable bonds is 6. The molecule has 1 amide bonds. The first-order chi connectivity index (χ1) is 13.4. The van der Waals surface area contributed by atoms with E-state index in [-0.39, 0.29) is 11.6 Å². The highest BCUT2D eigenvalue weighted by atomic mass is 19.4. The van der Waals surface area contributed by atoms with Gasteiger partial charge in [-0.1, -0.05) is 18.2 Å². The lowest BCUT2D eigenvalue weighted by Gasteiger charge is -2.26. The summed E-state index contributed by atoms with van der Waals surface area (Å²) in [7, 11) is 0. The van der Waals surface area contributed by atoms with Crippen LogP contribution in [0.1, 0.15) is 15.9 Å². The lowest BCUT2D eigenvalue weighted by molar-refractivity contribution is -0.137. The fraction of sp³-hybridized carbons (Fsp3) is 0.350. The molecule has 0 aromatic heterocycles. The molecule has 8 heteroatoms. The zero-order valence-corrected chi connectivity index (χ0v) is 15.3. The fourth-order valence-corrected chi connectivity index (χ4v) is 2.97. The van der Waals surface area contributed by atoms with E-state index < -0.39 is 11.7 Å². The summed E-state index contributed by atoms with van der Waals surface area (Å²) in [4.78, 5) is 14.8. The first-order valence-corrected chi connectivity index (χ1v) is 9.05. The molecule has 3 rings (SSSR count). The van der Waals surface area contributed by atoms with Gasteiger partial charge in [-0.15, -0.1) is 0 Å². The Labute approximate surface area is 161 Å². The van der Waals surface area contributed by atoms with Gasteiger partial charge in [-0.05, 0) is 30.3 Å². The van der Waals surface area contributed by atoms with Crippen LogP contribution in [0.2, 0.25) is 0 Å². The van der Waals surface area contributed by atoms with Gasteiger partial charge in [-0.3, -0.25) is 9.69 Å². The lowest BCUT2D eigenvalue weighted by atomic mass is 10.1. The van der Waals surface area contributed by atoms with Crippen LogP contribution in [0.3, 0.4) is 0 Å². The van der Waals surface area contributed by atoms with Crippen molar-refractivity contribution in [3.8, 4) is 0 Å². The van der Waals surface area contributed by atoms with Crippen molar-refractivity contribution in [2.75, 3.05) is 44.7 Å². The molecule has 1 fully saturated rings. The highest BCUT2D eigenvalue weighted by molar-refractivity contribution is 6.00. The van der Waals surface area contributed by atoms with E-state index in [0.29, 0.717) is 31.0 Å². The number of hydrogen-bond acceptors (Lipinski definition) is 4. The van der Waals surface area contributed by atoms with Gasteiger partial charge in [0.25, 0.3) is 5.91 Å². The molecular weight excluding hydrogens is 371 g/mol. The highest BCUT2D eigenvalue weighted by Gasteiger charge is 2.30. The molecule has 1 saturated heterocycles. The fourth-order valence-electron chi connectivity index (χ4n) is 2.97. The monoisotopic (exact) mass is 393 g/mol. The van der Waals surface area contributed by atoms with E-state index in [2.05, 4.69) is 15.5 Å². The van der Waals surface area contributed by atoms with Crippen molar-refractivity contribution in [3.05, 3.63) is 59.7 Å². The molecule has 2 aromatic rings. The minimum absolute atomic E-state index is 0.267. The molecule has 5 nitrogen and oxygen atoms in total. The van der Waals surface area contributed by atoms with Gasteiger partial charge in [0, 0.05) is 31.9 Å². The standard InChI is InChI=1S/C20H22F3N3O2/c21-20(22,23)15-4-3-5-16(14-15)25-18-7-2-1-6-17(18)19(27)24-8-9-26-10-12-28-13-11-26/h1-7,14,25H,8-13H2,(H,24,27). The van der Waals surface area contributed by atoms with Gasteiger partial charge in [0.1, 0.15) is 0 Å². The number of carbonyl (C=O) groups excluding carboxylic acids is 1. The van der Waals surface area contributed by atoms with E-state index in [1.807, 2.05) is 0 Å².